The lowest BCUT2D eigenvalue weighted by atomic mass is 10.2. The van der Waals surface area contributed by atoms with Crippen LogP contribution in [-0.4, -0.2) is 26.5 Å². The van der Waals surface area contributed by atoms with Crippen molar-refractivity contribution >= 4 is 45.2 Å². The molecule has 0 fully saturated rings. The molecule has 0 bridgehead atoms. The number of hydrogen-bond acceptors (Lipinski definition) is 5. The lowest BCUT2D eigenvalue weighted by Gasteiger charge is -2.07. The first-order chi connectivity index (χ1) is 12.7. The number of nitrogens with zero attached hydrogens (tertiary/aromatic N) is 3. The fraction of sp³-hybridized carbons (Fsp3) is 0.211. The van der Waals surface area contributed by atoms with E-state index in [1.165, 1.54) is 11.8 Å². The Bertz CT molecular complexity index is 1100. The van der Waals surface area contributed by atoms with Crippen LogP contribution in [-0.2, 0) is 6.42 Å². The van der Waals surface area contributed by atoms with E-state index >= 15 is 0 Å². The minimum atomic E-state index is 0.515. The molecule has 1 aromatic carbocycles. The smallest absolute Gasteiger partial charge is 0.228 e. The maximum atomic E-state index is 6.47. The van der Waals surface area contributed by atoms with Crippen LogP contribution >= 0.6 is 23.4 Å². The zero-order valence-corrected chi connectivity index (χ0v) is 16.0. The predicted octanol–water partition coefficient (Wildman–Crippen LogP) is 5.27. The molecular weight excluding hydrogens is 368 g/mol. The first kappa shape index (κ1) is 17.1. The van der Waals surface area contributed by atoms with E-state index < -0.39 is 0 Å². The van der Waals surface area contributed by atoms with Crippen LogP contribution in [0.4, 0.5) is 0 Å². The Balaban J connectivity index is 1.77. The zero-order valence-electron chi connectivity index (χ0n) is 14.4. The van der Waals surface area contributed by atoms with Gasteiger partial charge in [0, 0.05) is 28.4 Å². The van der Waals surface area contributed by atoms with E-state index in [4.69, 9.17) is 16.3 Å². The first-order valence-corrected chi connectivity index (χ1v) is 9.61. The van der Waals surface area contributed by atoms with Crippen LogP contribution in [0.5, 0.6) is 5.88 Å². The third-order valence-corrected chi connectivity index (χ3v) is 5.34. The maximum Gasteiger partial charge on any atom is 0.228 e. The number of nitrogens with one attached hydrogen (secondary N) is 1. The normalized spacial score (nSPS) is 11.3. The highest BCUT2D eigenvalue weighted by atomic mass is 35.5. The summed E-state index contributed by atoms with van der Waals surface area (Å²) in [6.45, 7) is 4.49. The summed E-state index contributed by atoms with van der Waals surface area (Å²) < 4.78 is 5.73. The summed E-state index contributed by atoms with van der Waals surface area (Å²) in [5.74, 6) is 0.517. The van der Waals surface area contributed by atoms with Crippen molar-refractivity contribution < 1.29 is 4.74 Å². The van der Waals surface area contributed by atoms with Crippen molar-refractivity contribution in [1.29, 1.82) is 0 Å². The summed E-state index contributed by atoms with van der Waals surface area (Å²) in [5, 5.41) is 4.24. The minimum Gasteiger partial charge on any atom is -0.477 e. The highest BCUT2D eigenvalue weighted by Crippen LogP contribution is 2.36. The molecular formula is C19H17ClN4OS. The van der Waals surface area contributed by atoms with Gasteiger partial charge in [0.15, 0.2) is 5.16 Å². The van der Waals surface area contributed by atoms with E-state index in [-0.39, 0.29) is 0 Å². The van der Waals surface area contributed by atoms with Crippen molar-refractivity contribution in [3.63, 3.8) is 0 Å². The Morgan fingerprint density at radius 2 is 2.04 bits per heavy atom. The molecule has 0 saturated heterocycles. The summed E-state index contributed by atoms with van der Waals surface area (Å²) in [4.78, 5) is 17.7. The molecule has 7 heteroatoms. The van der Waals surface area contributed by atoms with Gasteiger partial charge in [-0.2, -0.15) is 4.98 Å². The second kappa shape index (κ2) is 7.13. The average molecular weight is 385 g/mol. The van der Waals surface area contributed by atoms with Crippen LogP contribution in [0.15, 0.2) is 46.7 Å². The Hall–Kier alpha value is -2.31. The third-order valence-electron chi connectivity index (χ3n) is 4.06. The van der Waals surface area contributed by atoms with Gasteiger partial charge in [-0.15, -0.1) is 0 Å². The molecule has 132 valence electrons. The summed E-state index contributed by atoms with van der Waals surface area (Å²) in [7, 11) is 0. The molecule has 0 aliphatic heterocycles. The number of pyridine rings is 1. The monoisotopic (exact) mass is 384 g/mol. The third kappa shape index (κ3) is 3.10. The van der Waals surface area contributed by atoms with Gasteiger partial charge in [0.05, 0.1) is 17.0 Å². The van der Waals surface area contributed by atoms with Crippen LogP contribution in [0.25, 0.3) is 21.8 Å². The number of aromatic amines is 1. The number of fused-ring (bicyclic) bond motifs is 2. The Morgan fingerprint density at radius 3 is 2.85 bits per heavy atom. The fourth-order valence-corrected chi connectivity index (χ4v) is 3.97. The highest BCUT2D eigenvalue weighted by Gasteiger charge is 2.18. The number of hydrogen-bond donors (Lipinski definition) is 1. The number of rotatable bonds is 5. The molecule has 1 N–H and O–H groups in total. The summed E-state index contributed by atoms with van der Waals surface area (Å²) in [5.41, 5.74) is 1.64. The van der Waals surface area contributed by atoms with Gasteiger partial charge in [0.2, 0.25) is 5.88 Å². The van der Waals surface area contributed by atoms with Gasteiger partial charge in [-0.05, 0) is 48.7 Å². The molecule has 0 unspecified atom stereocenters. The predicted molar refractivity (Wildman–Crippen MR) is 105 cm³/mol. The Kier molecular flexibility index (Phi) is 4.70. The Morgan fingerprint density at radius 1 is 1.15 bits per heavy atom. The van der Waals surface area contributed by atoms with E-state index in [0.29, 0.717) is 28.3 Å². The fourth-order valence-electron chi connectivity index (χ4n) is 2.82. The highest BCUT2D eigenvalue weighted by molar-refractivity contribution is 7.99. The van der Waals surface area contributed by atoms with Crippen LogP contribution in [0.3, 0.4) is 0 Å². The van der Waals surface area contributed by atoms with Crippen molar-refractivity contribution in [2.75, 3.05) is 6.61 Å². The molecule has 0 aliphatic rings. The van der Waals surface area contributed by atoms with Gasteiger partial charge in [0.25, 0.3) is 0 Å². The number of ether oxygens (including phenoxy) is 1. The van der Waals surface area contributed by atoms with Crippen molar-refractivity contribution in [3.8, 4) is 5.88 Å². The van der Waals surface area contributed by atoms with E-state index in [9.17, 15) is 0 Å². The van der Waals surface area contributed by atoms with Gasteiger partial charge >= 0.3 is 0 Å². The van der Waals surface area contributed by atoms with Crippen molar-refractivity contribution in [2.24, 2.45) is 0 Å². The van der Waals surface area contributed by atoms with E-state index in [0.717, 1.165) is 33.2 Å². The van der Waals surface area contributed by atoms with Crippen LogP contribution < -0.4 is 4.74 Å². The topological polar surface area (TPSA) is 63.7 Å². The number of aromatic nitrogens is 4. The molecule has 0 radical (unpaired) electrons. The summed E-state index contributed by atoms with van der Waals surface area (Å²) >= 11 is 7.96. The minimum absolute atomic E-state index is 0.515. The van der Waals surface area contributed by atoms with Gasteiger partial charge in [0.1, 0.15) is 5.65 Å². The van der Waals surface area contributed by atoms with Gasteiger partial charge in [-0.3, -0.25) is 4.98 Å². The van der Waals surface area contributed by atoms with Gasteiger partial charge < -0.3 is 9.72 Å². The summed E-state index contributed by atoms with van der Waals surface area (Å²) in [6, 6.07) is 8.20. The van der Waals surface area contributed by atoms with Crippen molar-refractivity contribution in [1.82, 2.24) is 19.9 Å². The molecule has 0 aliphatic carbocycles. The zero-order chi connectivity index (χ0) is 18.1. The molecule has 3 aromatic heterocycles. The molecule has 5 nitrogen and oxygen atoms in total. The van der Waals surface area contributed by atoms with Gasteiger partial charge in [-0.25, -0.2) is 4.98 Å². The molecule has 0 spiro atoms. The second-order valence-corrected chi connectivity index (χ2v) is 7.14. The lowest BCUT2D eigenvalue weighted by molar-refractivity contribution is 0.328. The molecule has 4 aromatic rings. The number of halogens is 1. The standard InChI is InChI=1S/C19H17ClN4OS/c1-3-14-16(20)15-17(22-14)23-19(24-18(15)25-4-2)26-13-6-5-11-7-8-21-10-12(11)9-13/h5-10H,3-4H2,1-2H3,(H,22,23,24). The van der Waals surface area contributed by atoms with E-state index in [2.05, 4.69) is 38.1 Å². The SMILES string of the molecule is CCOc1nc(Sc2ccc3ccncc3c2)nc2[nH]c(CC)c(Cl)c12. The van der Waals surface area contributed by atoms with E-state index in [1.807, 2.05) is 26.1 Å². The number of benzene rings is 1. The Labute approximate surface area is 160 Å². The molecule has 0 amide bonds. The molecule has 0 atom stereocenters. The van der Waals surface area contributed by atoms with Gasteiger partial charge in [-0.1, -0.05) is 24.6 Å². The molecule has 26 heavy (non-hydrogen) atoms. The number of H-pyrrole nitrogens is 1. The number of aryl methyl sites for hydroxylation is 1. The molecule has 4 rings (SSSR count). The lowest BCUT2D eigenvalue weighted by Crippen LogP contribution is -1.98. The van der Waals surface area contributed by atoms with E-state index in [1.54, 1.807) is 6.20 Å². The molecule has 3 heterocycles. The van der Waals surface area contributed by atoms with Crippen LogP contribution in [0, 0.1) is 0 Å². The second-order valence-electron chi connectivity index (χ2n) is 5.73. The van der Waals surface area contributed by atoms with Crippen molar-refractivity contribution in [2.45, 2.75) is 30.3 Å². The van der Waals surface area contributed by atoms with Crippen molar-refractivity contribution in [3.05, 3.63) is 47.4 Å². The summed E-state index contributed by atoms with van der Waals surface area (Å²) in [6.07, 6.45) is 4.44. The van der Waals surface area contributed by atoms with Crippen LogP contribution in [0.2, 0.25) is 5.02 Å². The first-order valence-electron chi connectivity index (χ1n) is 8.42. The quantitative estimate of drug-likeness (QED) is 0.475. The van der Waals surface area contributed by atoms with Crippen LogP contribution in [0.1, 0.15) is 19.5 Å². The maximum absolute atomic E-state index is 6.47. The molecule has 0 saturated carbocycles. The largest absolute Gasteiger partial charge is 0.477 e. The average Bonchev–Trinajstić information content (AvgIpc) is 2.98.